The Labute approximate surface area is 153 Å². The SMILES string of the molecule is Bc1ccccc1.[K+].[K+].[OH-].[OH-]. The second-order valence-electron chi connectivity index (χ2n) is 1.65. The minimum absolute atomic E-state index is 0. The van der Waals surface area contributed by atoms with Crippen LogP contribution in [0.4, 0.5) is 0 Å². The molecule has 1 rings (SSSR count). The Morgan fingerprint density at radius 3 is 1.36 bits per heavy atom. The molecule has 0 spiro atoms. The van der Waals surface area contributed by atoms with E-state index in [-0.39, 0.29) is 114 Å². The van der Waals surface area contributed by atoms with Crippen LogP contribution in [0.25, 0.3) is 0 Å². The van der Waals surface area contributed by atoms with Crippen LogP contribution in [0.1, 0.15) is 0 Å². The number of benzene rings is 1. The molecular weight excluding hydrogens is 193 g/mol. The summed E-state index contributed by atoms with van der Waals surface area (Å²) in [5.74, 6) is 0. The summed E-state index contributed by atoms with van der Waals surface area (Å²) in [6.07, 6.45) is 0. The van der Waals surface area contributed by atoms with Gasteiger partial charge in [-0.05, 0) is 0 Å². The van der Waals surface area contributed by atoms with Crippen LogP contribution in [0.15, 0.2) is 30.3 Å². The molecule has 0 radical (unpaired) electrons. The Morgan fingerprint density at radius 2 is 1.18 bits per heavy atom. The zero-order valence-electron chi connectivity index (χ0n) is 7.28. The summed E-state index contributed by atoms with van der Waals surface area (Å²) in [5, 5.41) is 0. The van der Waals surface area contributed by atoms with E-state index >= 15 is 0 Å². The van der Waals surface area contributed by atoms with Crippen molar-refractivity contribution in [3.63, 3.8) is 0 Å². The summed E-state index contributed by atoms with van der Waals surface area (Å²) in [4.78, 5) is 0. The zero-order valence-corrected chi connectivity index (χ0v) is 13.5. The summed E-state index contributed by atoms with van der Waals surface area (Å²) >= 11 is 0. The van der Waals surface area contributed by atoms with Gasteiger partial charge in [0, 0.05) is 0 Å². The molecule has 1 aromatic carbocycles. The Morgan fingerprint density at radius 1 is 0.818 bits per heavy atom. The van der Waals surface area contributed by atoms with E-state index in [1.54, 1.807) is 0 Å². The predicted molar refractivity (Wildman–Crippen MR) is 38.5 cm³/mol. The van der Waals surface area contributed by atoms with E-state index in [1.165, 1.54) is 5.46 Å². The maximum atomic E-state index is 2.08. The van der Waals surface area contributed by atoms with Crippen LogP contribution >= 0.6 is 0 Å². The van der Waals surface area contributed by atoms with Crippen molar-refractivity contribution in [1.29, 1.82) is 0 Å². The summed E-state index contributed by atoms with van der Waals surface area (Å²) in [5.41, 5.74) is 1.32. The first-order chi connectivity index (χ1) is 3.39. The van der Waals surface area contributed by atoms with Gasteiger partial charge >= 0.3 is 103 Å². The molecular formula is C6H9BK2O2. The topological polar surface area (TPSA) is 60.0 Å². The molecule has 0 bridgehead atoms. The summed E-state index contributed by atoms with van der Waals surface area (Å²) in [6, 6.07) is 10.3. The van der Waals surface area contributed by atoms with Gasteiger partial charge in [0.25, 0.3) is 0 Å². The Kier molecular flexibility index (Phi) is 31.8. The van der Waals surface area contributed by atoms with Crippen molar-refractivity contribution in [2.24, 2.45) is 0 Å². The van der Waals surface area contributed by atoms with E-state index in [0.717, 1.165) is 0 Å². The molecule has 0 amide bonds. The van der Waals surface area contributed by atoms with Crippen molar-refractivity contribution >= 4 is 13.3 Å². The molecule has 5 heteroatoms. The number of rotatable bonds is 0. The summed E-state index contributed by atoms with van der Waals surface area (Å²) in [7, 11) is 2.08. The maximum Gasteiger partial charge on any atom is 1.00 e. The van der Waals surface area contributed by atoms with Crippen molar-refractivity contribution in [2.45, 2.75) is 0 Å². The van der Waals surface area contributed by atoms with Crippen LogP contribution in [0, 0.1) is 0 Å². The fourth-order valence-electron chi connectivity index (χ4n) is 0.534. The Hall–Kier alpha value is 2.48. The Balaban J connectivity index is -0.0000000612. The van der Waals surface area contributed by atoms with E-state index < -0.39 is 0 Å². The predicted octanol–water partition coefficient (Wildman–Crippen LogP) is -6.40. The molecule has 0 unspecified atom stereocenters. The first-order valence-corrected chi connectivity index (χ1v) is 2.41. The molecule has 2 nitrogen and oxygen atoms in total. The molecule has 0 aliphatic carbocycles. The smallest absolute Gasteiger partial charge is 0.870 e. The molecule has 50 valence electrons. The fourth-order valence-corrected chi connectivity index (χ4v) is 0.534. The van der Waals surface area contributed by atoms with Crippen LogP contribution in [0.2, 0.25) is 0 Å². The first kappa shape index (κ1) is 23.4. The van der Waals surface area contributed by atoms with E-state index in [0.29, 0.717) is 0 Å². The van der Waals surface area contributed by atoms with E-state index in [2.05, 4.69) is 20.0 Å². The molecule has 0 atom stereocenters. The third kappa shape index (κ3) is 12.5. The molecule has 0 saturated carbocycles. The van der Waals surface area contributed by atoms with E-state index in [4.69, 9.17) is 0 Å². The van der Waals surface area contributed by atoms with Gasteiger partial charge in [0.1, 0.15) is 7.85 Å². The molecule has 11 heavy (non-hydrogen) atoms. The van der Waals surface area contributed by atoms with Gasteiger partial charge in [0.05, 0.1) is 0 Å². The first-order valence-electron chi connectivity index (χ1n) is 2.41. The van der Waals surface area contributed by atoms with Gasteiger partial charge in [-0.3, -0.25) is 0 Å². The molecule has 0 fully saturated rings. The van der Waals surface area contributed by atoms with E-state index in [1.807, 2.05) is 18.2 Å². The number of hydrogen-bond donors (Lipinski definition) is 0. The van der Waals surface area contributed by atoms with Crippen molar-refractivity contribution in [1.82, 2.24) is 0 Å². The zero-order chi connectivity index (χ0) is 5.11. The maximum absolute atomic E-state index is 2.08. The van der Waals surface area contributed by atoms with Crippen LogP contribution in [-0.2, 0) is 0 Å². The molecule has 0 aromatic heterocycles. The average Bonchev–Trinajstić information content (AvgIpc) is 1.69. The van der Waals surface area contributed by atoms with Crippen LogP contribution in [-0.4, -0.2) is 18.8 Å². The van der Waals surface area contributed by atoms with Crippen molar-refractivity contribution in [3.05, 3.63) is 30.3 Å². The monoisotopic (exact) mass is 202 g/mol. The van der Waals surface area contributed by atoms with E-state index in [9.17, 15) is 0 Å². The molecule has 2 N–H and O–H groups in total. The van der Waals surface area contributed by atoms with Crippen LogP contribution in [0.5, 0.6) is 0 Å². The second kappa shape index (κ2) is 15.0. The largest absolute Gasteiger partial charge is 1.00 e. The van der Waals surface area contributed by atoms with Gasteiger partial charge in [-0.15, -0.1) is 0 Å². The van der Waals surface area contributed by atoms with Gasteiger partial charge in [-0.1, -0.05) is 35.8 Å². The molecule has 1 aromatic rings. The summed E-state index contributed by atoms with van der Waals surface area (Å²) in [6.45, 7) is 0. The Bertz CT molecular complexity index is 149. The minimum Gasteiger partial charge on any atom is -0.870 e. The van der Waals surface area contributed by atoms with Gasteiger partial charge in [-0.25, -0.2) is 0 Å². The molecule has 0 aliphatic heterocycles. The average molecular weight is 202 g/mol. The quantitative estimate of drug-likeness (QED) is 0.393. The molecule has 0 aliphatic rings. The van der Waals surface area contributed by atoms with Crippen molar-refractivity contribution in [3.8, 4) is 0 Å². The third-order valence-electron chi connectivity index (χ3n) is 0.940. The number of hydrogen-bond acceptors (Lipinski definition) is 2. The third-order valence-corrected chi connectivity index (χ3v) is 0.940. The fraction of sp³-hybridized carbons (Fsp3) is 0. The van der Waals surface area contributed by atoms with Gasteiger partial charge in [0.2, 0.25) is 0 Å². The molecule has 0 saturated heterocycles. The normalized spacial score (nSPS) is 5.45. The minimum atomic E-state index is 0. The van der Waals surface area contributed by atoms with Gasteiger partial charge in [-0.2, -0.15) is 0 Å². The second-order valence-corrected chi connectivity index (χ2v) is 1.65. The molecule has 0 heterocycles. The van der Waals surface area contributed by atoms with Gasteiger partial charge in [0.15, 0.2) is 0 Å². The van der Waals surface area contributed by atoms with Crippen LogP contribution in [0.3, 0.4) is 0 Å². The van der Waals surface area contributed by atoms with Gasteiger partial charge < -0.3 is 11.0 Å². The van der Waals surface area contributed by atoms with Crippen molar-refractivity contribution in [2.75, 3.05) is 0 Å². The van der Waals surface area contributed by atoms with Crippen LogP contribution < -0.4 is 108 Å². The standard InChI is InChI=1S/C6H7B.2K.2H2O/c7-6-4-2-1-3-5-6;;;;/h1-5H,7H2;;;2*1H2/q;2*+1;;/p-2. The summed E-state index contributed by atoms with van der Waals surface area (Å²) < 4.78 is 0. The van der Waals surface area contributed by atoms with Crippen molar-refractivity contribution < 1.29 is 114 Å².